The first-order valence-corrected chi connectivity index (χ1v) is 8.76. The normalized spacial score (nSPS) is 25.9. The molecule has 0 radical (unpaired) electrons. The third-order valence-corrected chi connectivity index (χ3v) is 5.72. The summed E-state index contributed by atoms with van der Waals surface area (Å²) in [4.78, 5) is 5.36. The fourth-order valence-electron chi connectivity index (χ4n) is 4.39. The molecule has 2 aliphatic heterocycles. The molecule has 2 aliphatic rings. The lowest BCUT2D eigenvalue weighted by atomic mass is 10.1. The Morgan fingerprint density at radius 2 is 2.13 bits per heavy atom. The van der Waals surface area contributed by atoms with Gasteiger partial charge >= 0.3 is 0 Å². The van der Waals surface area contributed by atoms with Crippen LogP contribution in [-0.4, -0.2) is 53.2 Å². The van der Waals surface area contributed by atoms with Crippen LogP contribution in [0.1, 0.15) is 25.3 Å². The van der Waals surface area contributed by atoms with E-state index in [0.29, 0.717) is 6.04 Å². The van der Waals surface area contributed by atoms with Crippen molar-refractivity contribution in [1.82, 2.24) is 14.4 Å². The molecule has 3 heterocycles. The number of hydrogen-bond acceptors (Lipinski definition) is 3. The van der Waals surface area contributed by atoms with E-state index in [-0.39, 0.29) is 0 Å². The zero-order chi connectivity index (χ0) is 16.0. The molecule has 2 aromatic rings. The summed E-state index contributed by atoms with van der Waals surface area (Å²) in [6, 6.07) is 7.83. The Balaban J connectivity index is 1.60. The van der Waals surface area contributed by atoms with Crippen LogP contribution in [0.4, 0.5) is 0 Å². The van der Waals surface area contributed by atoms with Crippen molar-refractivity contribution in [3.63, 3.8) is 0 Å². The minimum Gasteiger partial charge on any atom is -0.497 e. The van der Waals surface area contributed by atoms with E-state index in [0.717, 1.165) is 18.3 Å². The van der Waals surface area contributed by atoms with Crippen molar-refractivity contribution in [1.29, 1.82) is 0 Å². The summed E-state index contributed by atoms with van der Waals surface area (Å²) in [5, 5.41) is 1.36. The number of fused-ring (bicyclic) bond motifs is 2. The van der Waals surface area contributed by atoms with Gasteiger partial charge in [0.25, 0.3) is 0 Å². The van der Waals surface area contributed by atoms with Gasteiger partial charge in [-0.05, 0) is 44.0 Å². The molecule has 23 heavy (non-hydrogen) atoms. The summed E-state index contributed by atoms with van der Waals surface area (Å²) in [6.45, 7) is 7.17. The molecule has 0 N–H and O–H groups in total. The zero-order valence-corrected chi connectivity index (χ0v) is 14.5. The summed E-state index contributed by atoms with van der Waals surface area (Å²) >= 11 is 0. The summed E-state index contributed by atoms with van der Waals surface area (Å²) in [7, 11) is 3.86. The standard InChI is InChI=1S/C19H27N3O/c1-14-10-21-8-4-5-16(21)13-22(14)12-15-11-20(2)19-9-17(23-3)6-7-18(15)19/h6-7,9,11,14,16H,4-5,8,10,12-13H2,1-3H3/t14-,16?/m1/s1. The molecule has 0 amide bonds. The van der Waals surface area contributed by atoms with Crippen LogP contribution in [0.2, 0.25) is 0 Å². The average Bonchev–Trinajstić information content (AvgIpc) is 3.12. The van der Waals surface area contributed by atoms with E-state index in [4.69, 9.17) is 4.74 Å². The predicted molar refractivity (Wildman–Crippen MR) is 93.9 cm³/mol. The molecule has 2 saturated heterocycles. The van der Waals surface area contributed by atoms with Gasteiger partial charge in [0, 0.05) is 56.4 Å². The quantitative estimate of drug-likeness (QED) is 0.869. The highest BCUT2D eigenvalue weighted by atomic mass is 16.5. The smallest absolute Gasteiger partial charge is 0.120 e. The second-order valence-electron chi connectivity index (χ2n) is 7.22. The Hall–Kier alpha value is -1.52. The molecule has 1 unspecified atom stereocenters. The van der Waals surface area contributed by atoms with Crippen molar-refractivity contribution in [2.24, 2.45) is 7.05 Å². The number of benzene rings is 1. The van der Waals surface area contributed by atoms with E-state index in [2.05, 4.69) is 52.7 Å². The first kappa shape index (κ1) is 15.0. The number of aromatic nitrogens is 1. The van der Waals surface area contributed by atoms with Crippen molar-refractivity contribution in [3.8, 4) is 5.75 Å². The van der Waals surface area contributed by atoms with Crippen LogP contribution in [0, 0.1) is 0 Å². The topological polar surface area (TPSA) is 20.6 Å². The van der Waals surface area contributed by atoms with Gasteiger partial charge in [0.15, 0.2) is 0 Å². The maximum Gasteiger partial charge on any atom is 0.120 e. The molecule has 1 aromatic heterocycles. The van der Waals surface area contributed by atoms with Crippen LogP contribution in [0.15, 0.2) is 24.4 Å². The molecule has 4 rings (SSSR count). The first-order valence-electron chi connectivity index (χ1n) is 8.76. The van der Waals surface area contributed by atoms with E-state index in [1.165, 1.54) is 48.9 Å². The number of piperazine rings is 1. The van der Waals surface area contributed by atoms with Crippen molar-refractivity contribution in [2.45, 2.75) is 38.4 Å². The van der Waals surface area contributed by atoms with Gasteiger partial charge < -0.3 is 9.30 Å². The summed E-state index contributed by atoms with van der Waals surface area (Å²) in [5.41, 5.74) is 2.69. The molecule has 1 aromatic carbocycles. The molecule has 2 atom stereocenters. The van der Waals surface area contributed by atoms with Crippen LogP contribution in [-0.2, 0) is 13.6 Å². The highest BCUT2D eigenvalue weighted by molar-refractivity contribution is 5.85. The van der Waals surface area contributed by atoms with Crippen LogP contribution in [0.3, 0.4) is 0 Å². The highest BCUT2D eigenvalue weighted by Crippen LogP contribution is 2.29. The largest absolute Gasteiger partial charge is 0.497 e. The molecule has 0 bridgehead atoms. The monoisotopic (exact) mass is 313 g/mol. The number of hydrogen-bond donors (Lipinski definition) is 0. The van der Waals surface area contributed by atoms with Gasteiger partial charge in [-0.25, -0.2) is 0 Å². The van der Waals surface area contributed by atoms with Gasteiger partial charge in [-0.1, -0.05) is 0 Å². The van der Waals surface area contributed by atoms with Crippen molar-refractivity contribution >= 4 is 10.9 Å². The van der Waals surface area contributed by atoms with Crippen molar-refractivity contribution < 1.29 is 4.74 Å². The molecule has 0 spiro atoms. The third kappa shape index (κ3) is 2.64. The minimum absolute atomic E-state index is 0.637. The number of methoxy groups -OCH3 is 1. The second kappa shape index (κ2) is 5.84. The van der Waals surface area contributed by atoms with Crippen LogP contribution in [0.5, 0.6) is 5.75 Å². The number of rotatable bonds is 3. The molecule has 124 valence electrons. The van der Waals surface area contributed by atoms with Gasteiger partial charge in [0.05, 0.1) is 12.6 Å². The van der Waals surface area contributed by atoms with E-state index in [1.54, 1.807) is 7.11 Å². The summed E-state index contributed by atoms with van der Waals surface area (Å²) in [6.07, 6.45) is 5.03. The Labute approximate surface area is 138 Å². The van der Waals surface area contributed by atoms with E-state index >= 15 is 0 Å². The van der Waals surface area contributed by atoms with E-state index in [1.807, 2.05) is 0 Å². The molecule has 4 nitrogen and oxygen atoms in total. The Morgan fingerprint density at radius 1 is 1.26 bits per heavy atom. The lowest BCUT2D eigenvalue weighted by Crippen LogP contribution is -2.54. The van der Waals surface area contributed by atoms with E-state index < -0.39 is 0 Å². The fourth-order valence-corrected chi connectivity index (χ4v) is 4.39. The molecule has 0 saturated carbocycles. The molecular formula is C19H27N3O. The lowest BCUT2D eigenvalue weighted by Gasteiger charge is -2.42. The zero-order valence-electron chi connectivity index (χ0n) is 14.5. The van der Waals surface area contributed by atoms with E-state index in [9.17, 15) is 0 Å². The van der Waals surface area contributed by atoms with Gasteiger partial charge in [0.2, 0.25) is 0 Å². The SMILES string of the molecule is COc1ccc2c(CN3CC4CCCN4C[C@H]3C)cn(C)c2c1. The lowest BCUT2D eigenvalue weighted by molar-refractivity contribution is 0.0543. The third-order valence-electron chi connectivity index (χ3n) is 5.72. The van der Waals surface area contributed by atoms with Crippen LogP contribution < -0.4 is 4.74 Å². The fraction of sp³-hybridized carbons (Fsp3) is 0.579. The summed E-state index contributed by atoms with van der Waals surface area (Å²) in [5.74, 6) is 0.929. The molecule has 2 fully saturated rings. The number of nitrogens with zero attached hydrogens (tertiary/aromatic N) is 3. The Kier molecular flexibility index (Phi) is 3.82. The molecule has 4 heteroatoms. The van der Waals surface area contributed by atoms with Crippen molar-refractivity contribution in [2.75, 3.05) is 26.7 Å². The van der Waals surface area contributed by atoms with Crippen LogP contribution in [0.25, 0.3) is 10.9 Å². The maximum absolute atomic E-state index is 5.37. The predicted octanol–water partition coefficient (Wildman–Crippen LogP) is 2.86. The van der Waals surface area contributed by atoms with Crippen LogP contribution >= 0.6 is 0 Å². The molecular weight excluding hydrogens is 286 g/mol. The number of aryl methyl sites for hydroxylation is 1. The number of ether oxygens (including phenoxy) is 1. The van der Waals surface area contributed by atoms with Gasteiger partial charge in [-0.15, -0.1) is 0 Å². The van der Waals surface area contributed by atoms with Gasteiger partial charge in [-0.2, -0.15) is 0 Å². The van der Waals surface area contributed by atoms with Gasteiger partial charge in [0.1, 0.15) is 5.75 Å². The molecule has 0 aliphatic carbocycles. The highest BCUT2D eigenvalue weighted by Gasteiger charge is 2.34. The minimum atomic E-state index is 0.637. The Morgan fingerprint density at radius 3 is 2.96 bits per heavy atom. The first-order chi connectivity index (χ1) is 11.2. The second-order valence-corrected chi connectivity index (χ2v) is 7.22. The average molecular weight is 313 g/mol. The van der Waals surface area contributed by atoms with Gasteiger partial charge in [-0.3, -0.25) is 9.80 Å². The maximum atomic E-state index is 5.37. The summed E-state index contributed by atoms with van der Waals surface area (Å²) < 4.78 is 7.60. The Bertz CT molecular complexity index is 708. The van der Waals surface area contributed by atoms with Crippen molar-refractivity contribution in [3.05, 3.63) is 30.0 Å².